The number of rotatable bonds is 2. The molecule has 0 aliphatic heterocycles. The van der Waals surface area contributed by atoms with Gasteiger partial charge in [-0.2, -0.15) is 0 Å². The first-order chi connectivity index (χ1) is 5.25. The van der Waals surface area contributed by atoms with E-state index in [2.05, 4.69) is 11.7 Å². The number of primary amides is 1. The number of para-hydroxylation sites is 1. The van der Waals surface area contributed by atoms with Gasteiger partial charge in [-0.1, -0.05) is 12.1 Å². The summed E-state index contributed by atoms with van der Waals surface area (Å²) in [5, 5.41) is 0. The number of benzene rings is 1. The van der Waals surface area contributed by atoms with Crippen LogP contribution in [0.2, 0.25) is 0 Å². The third-order valence-electron chi connectivity index (χ3n) is 1.34. The van der Waals surface area contributed by atoms with Gasteiger partial charge in [0.15, 0.2) is 0 Å². The summed E-state index contributed by atoms with van der Waals surface area (Å²) in [6.45, 7) is 3.32. The van der Waals surface area contributed by atoms with Gasteiger partial charge in [-0.25, -0.2) is 0 Å². The van der Waals surface area contributed by atoms with Crippen molar-refractivity contribution < 1.29 is 4.79 Å². The molecule has 11 heavy (non-hydrogen) atoms. The van der Waals surface area contributed by atoms with Crippen molar-refractivity contribution >= 4 is 18.3 Å². The van der Waals surface area contributed by atoms with Gasteiger partial charge in [-0.05, 0) is 18.9 Å². The number of carbonyl (C=O) groups excluding carboxylic acids is 1. The molecule has 0 aromatic heterocycles. The summed E-state index contributed by atoms with van der Waals surface area (Å²) >= 11 is 0. The van der Waals surface area contributed by atoms with Crippen molar-refractivity contribution in [2.24, 2.45) is 10.7 Å². The van der Waals surface area contributed by atoms with Crippen LogP contribution < -0.4 is 5.73 Å². The Morgan fingerprint density at radius 2 is 2.09 bits per heavy atom. The molecule has 0 heterocycles. The molecule has 0 saturated carbocycles. The molecule has 2 N–H and O–H groups in total. The lowest BCUT2D eigenvalue weighted by molar-refractivity contribution is 0.100. The van der Waals surface area contributed by atoms with Crippen LogP contribution in [-0.4, -0.2) is 12.6 Å². The molecule has 1 amide bonds. The monoisotopic (exact) mass is 148 g/mol. The normalized spacial score (nSPS) is 9.09. The smallest absolute Gasteiger partial charge is 0.250 e. The Labute approximate surface area is 64.6 Å². The Morgan fingerprint density at radius 3 is 2.55 bits per heavy atom. The van der Waals surface area contributed by atoms with Crippen LogP contribution in [0.4, 0.5) is 5.69 Å². The van der Waals surface area contributed by atoms with E-state index in [4.69, 9.17) is 5.73 Å². The van der Waals surface area contributed by atoms with Gasteiger partial charge >= 0.3 is 0 Å². The summed E-state index contributed by atoms with van der Waals surface area (Å²) in [7, 11) is 0. The van der Waals surface area contributed by atoms with E-state index in [0.29, 0.717) is 11.3 Å². The van der Waals surface area contributed by atoms with Gasteiger partial charge in [0.05, 0.1) is 11.3 Å². The number of amides is 1. The Kier molecular flexibility index (Phi) is 2.01. The van der Waals surface area contributed by atoms with Crippen molar-refractivity contribution in [3.63, 3.8) is 0 Å². The highest BCUT2D eigenvalue weighted by atomic mass is 16.1. The average molecular weight is 148 g/mol. The minimum Gasteiger partial charge on any atom is -0.366 e. The third-order valence-corrected chi connectivity index (χ3v) is 1.34. The molecule has 0 bridgehead atoms. The maximum absolute atomic E-state index is 10.7. The van der Waals surface area contributed by atoms with E-state index in [0.717, 1.165) is 0 Å². The quantitative estimate of drug-likeness (QED) is 0.627. The van der Waals surface area contributed by atoms with Crippen LogP contribution in [0.25, 0.3) is 0 Å². The molecule has 0 unspecified atom stereocenters. The number of nitrogens with two attached hydrogens (primary N) is 1. The number of carbonyl (C=O) groups is 1. The zero-order valence-corrected chi connectivity index (χ0v) is 5.95. The summed E-state index contributed by atoms with van der Waals surface area (Å²) in [6.07, 6.45) is 0. The zero-order valence-electron chi connectivity index (χ0n) is 5.95. The average Bonchev–Trinajstić information content (AvgIpc) is 2.04. The Hall–Kier alpha value is -1.64. The second-order valence-corrected chi connectivity index (χ2v) is 2.04. The van der Waals surface area contributed by atoms with Gasteiger partial charge in [0.1, 0.15) is 0 Å². The van der Waals surface area contributed by atoms with Crippen molar-refractivity contribution in [2.75, 3.05) is 0 Å². The number of aliphatic imine (C=N–C) groups is 1. The predicted molar refractivity (Wildman–Crippen MR) is 44.2 cm³/mol. The standard InChI is InChI=1S/C8H8N2O/c1-10-7-5-3-2-4-6(7)8(9)11/h2-5H,1H2,(H2,9,11). The summed E-state index contributed by atoms with van der Waals surface area (Å²) in [5.41, 5.74) is 6.00. The summed E-state index contributed by atoms with van der Waals surface area (Å²) in [6, 6.07) is 6.81. The molecule has 0 aliphatic carbocycles. The third kappa shape index (κ3) is 1.43. The molecule has 0 fully saturated rings. The van der Waals surface area contributed by atoms with Gasteiger partial charge in [0, 0.05) is 0 Å². The van der Waals surface area contributed by atoms with Crippen LogP contribution in [0, 0.1) is 0 Å². The second-order valence-electron chi connectivity index (χ2n) is 2.04. The van der Waals surface area contributed by atoms with Crippen LogP contribution in [0.1, 0.15) is 10.4 Å². The molecular weight excluding hydrogens is 140 g/mol. The molecular formula is C8H8N2O. The first-order valence-electron chi connectivity index (χ1n) is 3.11. The Bertz CT molecular complexity index is 294. The molecule has 0 radical (unpaired) electrons. The molecule has 0 saturated heterocycles. The van der Waals surface area contributed by atoms with Gasteiger partial charge < -0.3 is 5.73 Å². The highest BCUT2D eigenvalue weighted by Gasteiger charge is 2.03. The number of hydrogen-bond acceptors (Lipinski definition) is 2. The van der Waals surface area contributed by atoms with Crippen LogP contribution >= 0.6 is 0 Å². The van der Waals surface area contributed by atoms with Crippen LogP contribution in [0.5, 0.6) is 0 Å². The van der Waals surface area contributed by atoms with Gasteiger partial charge in [0.25, 0.3) is 5.91 Å². The Morgan fingerprint density at radius 1 is 1.45 bits per heavy atom. The summed E-state index contributed by atoms with van der Waals surface area (Å²) < 4.78 is 0. The van der Waals surface area contributed by atoms with E-state index in [1.54, 1.807) is 24.3 Å². The van der Waals surface area contributed by atoms with Crippen molar-refractivity contribution in [3.05, 3.63) is 29.8 Å². The van der Waals surface area contributed by atoms with Gasteiger partial charge in [-0.3, -0.25) is 9.79 Å². The van der Waals surface area contributed by atoms with E-state index in [1.165, 1.54) is 0 Å². The van der Waals surface area contributed by atoms with E-state index in [1.807, 2.05) is 0 Å². The molecule has 1 aromatic carbocycles. The molecule has 0 aliphatic rings. The van der Waals surface area contributed by atoms with Gasteiger partial charge in [0.2, 0.25) is 0 Å². The highest BCUT2D eigenvalue weighted by Crippen LogP contribution is 2.16. The largest absolute Gasteiger partial charge is 0.366 e. The zero-order chi connectivity index (χ0) is 8.27. The van der Waals surface area contributed by atoms with E-state index in [-0.39, 0.29) is 0 Å². The van der Waals surface area contributed by atoms with Crippen molar-refractivity contribution in [1.82, 2.24) is 0 Å². The maximum atomic E-state index is 10.7. The topological polar surface area (TPSA) is 55.4 Å². The Balaban J connectivity index is 3.22. The lowest BCUT2D eigenvalue weighted by atomic mass is 10.2. The number of hydrogen-bond donors (Lipinski definition) is 1. The molecule has 3 heteroatoms. The first-order valence-corrected chi connectivity index (χ1v) is 3.11. The van der Waals surface area contributed by atoms with Crippen molar-refractivity contribution in [2.45, 2.75) is 0 Å². The van der Waals surface area contributed by atoms with E-state index >= 15 is 0 Å². The van der Waals surface area contributed by atoms with Crippen molar-refractivity contribution in [1.29, 1.82) is 0 Å². The second kappa shape index (κ2) is 2.96. The van der Waals surface area contributed by atoms with Crippen LogP contribution in [0.15, 0.2) is 29.3 Å². The minimum absolute atomic E-state index is 0.405. The number of nitrogens with zero attached hydrogens (tertiary/aromatic N) is 1. The molecule has 0 atom stereocenters. The van der Waals surface area contributed by atoms with E-state index in [9.17, 15) is 4.79 Å². The van der Waals surface area contributed by atoms with Gasteiger partial charge in [-0.15, -0.1) is 0 Å². The fourth-order valence-corrected chi connectivity index (χ4v) is 0.820. The predicted octanol–water partition coefficient (Wildman–Crippen LogP) is 1.12. The lowest BCUT2D eigenvalue weighted by Crippen LogP contribution is -2.10. The maximum Gasteiger partial charge on any atom is 0.250 e. The molecule has 3 nitrogen and oxygen atoms in total. The van der Waals surface area contributed by atoms with Crippen molar-refractivity contribution in [3.8, 4) is 0 Å². The lowest BCUT2D eigenvalue weighted by Gasteiger charge is -1.97. The van der Waals surface area contributed by atoms with Crippen LogP contribution in [0.3, 0.4) is 0 Å². The molecule has 0 spiro atoms. The fourth-order valence-electron chi connectivity index (χ4n) is 0.820. The first kappa shape index (κ1) is 7.47. The fraction of sp³-hybridized carbons (Fsp3) is 0. The SMILES string of the molecule is C=Nc1ccccc1C(N)=O. The molecule has 1 aromatic rings. The van der Waals surface area contributed by atoms with E-state index < -0.39 is 5.91 Å². The van der Waals surface area contributed by atoms with Crippen LogP contribution in [-0.2, 0) is 0 Å². The summed E-state index contributed by atoms with van der Waals surface area (Å²) in [5.74, 6) is -0.479. The highest BCUT2D eigenvalue weighted by molar-refractivity contribution is 5.97. The minimum atomic E-state index is -0.479. The summed E-state index contributed by atoms with van der Waals surface area (Å²) in [4.78, 5) is 14.4. The molecule has 56 valence electrons. The molecule has 1 rings (SSSR count).